The maximum absolute atomic E-state index is 13.7. The molecule has 51 heavy (non-hydrogen) atoms. The van der Waals surface area contributed by atoms with Crippen LogP contribution in [0.4, 0.5) is 14.5 Å². The average molecular weight is 700 g/mol. The zero-order valence-electron chi connectivity index (χ0n) is 27.8. The number of carbonyl (C=O) groups is 3. The highest BCUT2D eigenvalue weighted by molar-refractivity contribution is 6.03. The van der Waals surface area contributed by atoms with Crippen molar-refractivity contribution in [3.05, 3.63) is 131 Å². The lowest BCUT2D eigenvalue weighted by atomic mass is 9.78. The number of aliphatic carboxylic acids is 1. The van der Waals surface area contributed by atoms with E-state index in [0.29, 0.717) is 55.7 Å². The molecule has 9 nitrogen and oxygen atoms in total. The summed E-state index contributed by atoms with van der Waals surface area (Å²) in [4.78, 5) is 39.8. The van der Waals surface area contributed by atoms with Crippen LogP contribution < -0.4 is 4.90 Å². The van der Waals surface area contributed by atoms with Crippen LogP contribution in [0, 0.1) is 17.6 Å². The second-order valence-electron chi connectivity index (χ2n) is 13.3. The van der Waals surface area contributed by atoms with E-state index in [2.05, 4.69) is 0 Å². The van der Waals surface area contributed by atoms with Gasteiger partial charge in [0, 0.05) is 12.1 Å². The van der Waals surface area contributed by atoms with Gasteiger partial charge in [0.25, 0.3) is 0 Å². The van der Waals surface area contributed by atoms with Gasteiger partial charge in [0.15, 0.2) is 5.78 Å². The fraction of sp³-hybridized carbons (Fsp3) is 0.325. The Kier molecular flexibility index (Phi) is 10.9. The Balaban J connectivity index is 1.08. The van der Waals surface area contributed by atoms with Crippen molar-refractivity contribution < 1.29 is 48.0 Å². The molecular formula is C40H39F2NO8. The average Bonchev–Trinajstić information content (AvgIpc) is 3.10. The van der Waals surface area contributed by atoms with Crippen LogP contribution in [0.15, 0.2) is 97.1 Å². The van der Waals surface area contributed by atoms with Crippen LogP contribution in [0.1, 0.15) is 66.0 Å². The van der Waals surface area contributed by atoms with Crippen molar-refractivity contribution in [3.63, 3.8) is 0 Å². The number of carboxylic acid groups (broad SMARTS) is 1. The highest BCUT2D eigenvalue weighted by Gasteiger charge is 2.48. The Hall–Kier alpha value is -4.97. The van der Waals surface area contributed by atoms with E-state index in [-0.39, 0.29) is 36.5 Å². The van der Waals surface area contributed by atoms with Crippen LogP contribution in [0.2, 0.25) is 0 Å². The van der Waals surface area contributed by atoms with E-state index in [1.54, 1.807) is 17.0 Å². The largest absolute Gasteiger partial charge is 0.508 e. The number of aryl methyl sites for hydroxylation is 1. The quantitative estimate of drug-likeness (QED) is 0.114. The molecule has 4 aromatic carbocycles. The molecule has 0 saturated carbocycles. The fourth-order valence-corrected chi connectivity index (χ4v) is 6.75. The van der Waals surface area contributed by atoms with Crippen LogP contribution in [0.5, 0.6) is 5.75 Å². The molecule has 0 aromatic heterocycles. The Bertz CT molecular complexity index is 1830. The molecule has 266 valence electrons. The predicted molar refractivity (Wildman–Crippen MR) is 183 cm³/mol. The number of aromatic hydroxyl groups is 1. The number of β-lactam (4-membered cyclic amide) rings is 1. The minimum Gasteiger partial charge on any atom is -0.508 e. The van der Waals surface area contributed by atoms with Crippen molar-refractivity contribution in [2.45, 2.75) is 55.8 Å². The molecule has 2 aliphatic heterocycles. The molecule has 1 amide bonds. The molecule has 6 rings (SSSR count). The van der Waals surface area contributed by atoms with Crippen LogP contribution in [-0.4, -0.2) is 58.4 Å². The van der Waals surface area contributed by atoms with E-state index >= 15 is 0 Å². The zero-order chi connectivity index (χ0) is 36.1. The summed E-state index contributed by atoms with van der Waals surface area (Å²) in [7, 11) is 0. The lowest BCUT2D eigenvalue weighted by Crippen LogP contribution is -2.55. The third-order valence-corrected chi connectivity index (χ3v) is 9.81. The van der Waals surface area contributed by atoms with E-state index in [1.807, 2.05) is 24.3 Å². The van der Waals surface area contributed by atoms with Gasteiger partial charge in [0.2, 0.25) is 5.91 Å². The summed E-state index contributed by atoms with van der Waals surface area (Å²) in [6, 6.07) is 24.6. The summed E-state index contributed by atoms with van der Waals surface area (Å²) in [5, 5.41) is 30.0. The first-order chi connectivity index (χ1) is 24.5. The lowest BCUT2D eigenvalue weighted by Gasteiger charge is -2.48. The van der Waals surface area contributed by atoms with E-state index < -0.39 is 41.1 Å². The molecule has 3 N–H and O–H groups in total. The van der Waals surface area contributed by atoms with Gasteiger partial charge in [-0.15, -0.1) is 0 Å². The van der Waals surface area contributed by atoms with Gasteiger partial charge in [-0.25, -0.2) is 8.78 Å². The molecule has 2 heterocycles. The molecule has 2 saturated heterocycles. The van der Waals surface area contributed by atoms with Gasteiger partial charge in [-0.2, -0.15) is 0 Å². The monoisotopic (exact) mass is 699 g/mol. The molecule has 0 spiro atoms. The SMILES string of the molecule is O=C(COC1(CCc2ccc([C@@H]3[C@@H](CC[C@H](O)c4ccc(F)cc4)C(=O)N3c3ccc(F)cc3)cc2)COC1)C[C@@H](C(=O)O)c1ccc(O)cc1. The number of carboxylic acids is 1. The number of amides is 1. The summed E-state index contributed by atoms with van der Waals surface area (Å²) >= 11 is 0. The molecule has 0 radical (unpaired) electrons. The Labute approximate surface area is 294 Å². The smallest absolute Gasteiger partial charge is 0.311 e. The number of aliphatic hydroxyl groups excluding tert-OH is 1. The molecule has 4 atom stereocenters. The summed E-state index contributed by atoms with van der Waals surface area (Å²) in [6.45, 7) is 0.359. The number of ketones is 1. The fourth-order valence-electron chi connectivity index (χ4n) is 6.75. The number of halogens is 2. The number of rotatable bonds is 16. The van der Waals surface area contributed by atoms with Crippen molar-refractivity contribution in [2.24, 2.45) is 5.92 Å². The molecule has 2 fully saturated rings. The lowest BCUT2D eigenvalue weighted by molar-refractivity contribution is -0.212. The molecule has 0 bridgehead atoms. The minimum atomic E-state index is -1.14. The number of benzene rings is 4. The number of carbonyl (C=O) groups excluding carboxylic acids is 2. The van der Waals surface area contributed by atoms with E-state index in [9.17, 15) is 38.5 Å². The molecule has 4 aromatic rings. The van der Waals surface area contributed by atoms with Gasteiger partial charge < -0.3 is 29.7 Å². The van der Waals surface area contributed by atoms with Gasteiger partial charge in [-0.05, 0) is 96.5 Å². The topological polar surface area (TPSA) is 134 Å². The summed E-state index contributed by atoms with van der Waals surface area (Å²) in [6.07, 6.45) is 0.758. The Morgan fingerprint density at radius 3 is 2.08 bits per heavy atom. The number of nitrogens with zero attached hydrogens (tertiary/aromatic N) is 1. The number of phenolic OH excluding ortho intramolecular Hbond substituents is 1. The summed E-state index contributed by atoms with van der Waals surface area (Å²) in [5.41, 5.74) is 2.76. The van der Waals surface area contributed by atoms with Gasteiger partial charge in [0.05, 0.1) is 37.2 Å². The van der Waals surface area contributed by atoms with Crippen LogP contribution in [0.3, 0.4) is 0 Å². The third-order valence-electron chi connectivity index (χ3n) is 9.81. The normalized spacial score (nSPS) is 19.1. The molecular weight excluding hydrogens is 660 g/mol. The first kappa shape index (κ1) is 35.8. The van der Waals surface area contributed by atoms with Gasteiger partial charge >= 0.3 is 5.97 Å². The van der Waals surface area contributed by atoms with E-state index in [0.717, 1.165) is 11.1 Å². The molecule has 2 aliphatic rings. The number of hydrogen-bond acceptors (Lipinski definition) is 7. The zero-order valence-corrected chi connectivity index (χ0v) is 27.8. The minimum absolute atomic E-state index is 0.00384. The van der Waals surface area contributed by atoms with Crippen LogP contribution in [0.25, 0.3) is 0 Å². The maximum atomic E-state index is 13.7. The summed E-state index contributed by atoms with van der Waals surface area (Å²) in [5.74, 6) is -3.90. The summed E-state index contributed by atoms with van der Waals surface area (Å²) < 4.78 is 38.6. The molecule has 11 heteroatoms. The van der Waals surface area contributed by atoms with Crippen molar-refractivity contribution in [1.29, 1.82) is 0 Å². The number of phenols is 1. The number of Topliss-reactive ketones (excluding diaryl/α,β-unsaturated/α-hetero) is 1. The third kappa shape index (κ3) is 8.33. The predicted octanol–water partition coefficient (Wildman–Crippen LogP) is 6.43. The second-order valence-corrected chi connectivity index (χ2v) is 13.3. The van der Waals surface area contributed by atoms with Gasteiger partial charge in [0.1, 0.15) is 29.6 Å². The first-order valence-electron chi connectivity index (χ1n) is 16.9. The Morgan fingerprint density at radius 1 is 0.882 bits per heavy atom. The van der Waals surface area contributed by atoms with Gasteiger partial charge in [-0.3, -0.25) is 14.4 Å². The van der Waals surface area contributed by atoms with Gasteiger partial charge in [-0.1, -0.05) is 48.5 Å². The second kappa shape index (κ2) is 15.5. The van der Waals surface area contributed by atoms with E-state index in [4.69, 9.17) is 9.47 Å². The van der Waals surface area contributed by atoms with Crippen molar-refractivity contribution >= 4 is 23.3 Å². The maximum Gasteiger partial charge on any atom is 0.311 e. The number of anilines is 1. The number of aliphatic hydroxyl groups is 1. The van der Waals surface area contributed by atoms with Crippen LogP contribution >= 0.6 is 0 Å². The van der Waals surface area contributed by atoms with Crippen LogP contribution in [-0.2, 0) is 30.3 Å². The standard InChI is InChI=1S/C40H39F2NO8/c41-29-9-5-27(6-10-29)36(46)18-17-34-37(43(38(34)47)31-13-11-30(42)12-14-31)28-3-1-25(2-4-28)19-20-40(23-50-24-40)51-22-33(45)21-35(39(48)49)26-7-15-32(44)16-8-26/h1-16,34-37,44,46H,17-24H2,(H,48,49)/t34-,35-,36+,37-/m1/s1. The van der Waals surface area contributed by atoms with Crippen molar-refractivity contribution in [1.82, 2.24) is 0 Å². The highest BCUT2D eigenvalue weighted by atomic mass is 19.1. The number of ether oxygens (including phenoxy) is 2. The van der Waals surface area contributed by atoms with E-state index in [1.165, 1.54) is 60.7 Å². The number of hydrogen-bond donors (Lipinski definition) is 3. The van der Waals surface area contributed by atoms with Crippen molar-refractivity contribution in [3.8, 4) is 5.75 Å². The molecule has 0 unspecified atom stereocenters. The molecule has 0 aliphatic carbocycles. The van der Waals surface area contributed by atoms with Crippen molar-refractivity contribution in [2.75, 3.05) is 24.7 Å². The first-order valence-corrected chi connectivity index (χ1v) is 16.9. The Morgan fingerprint density at radius 2 is 1.49 bits per heavy atom. The highest BCUT2D eigenvalue weighted by Crippen LogP contribution is 2.46.